The van der Waals surface area contributed by atoms with Gasteiger partial charge in [-0.2, -0.15) is 0 Å². The van der Waals surface area contributed by atoms with Crippen molar-refractivity contribution in [2.24, 2.45) is 52.8 Å². The van der Waals surface area contributed by atoms with Crippen LogP contribution in [-0.2, 0) is 54.1 Å². The van der Waals surface area contributed by atoms with Gasteiger partial charge in [0, 0.05) is 100 Å². The zero-order chi connectivity index (χ0) is 72.4. The number of ether oxygens (including phenoxy) is 4. The molecule has 3 N–H and O–H groups in total. The van der Waals surface area contributed by atoms with E-state index in [0.29, 0.717) is 52.5 Å². The summed E-state index contributed by atoms with van der Waals surface area (Å²) in [6.07, 6.45) is 31.2. The number of esters is 2. The van der Waals surface area contributed by atoms with Crippen LogP contribution in [0.5, 0.6) is 5.75 Å². The first kappa shape index (κ1) is 66.1. The fraction of sp³-hybridized carbons (Fsp3) is 0.433. The number of hydrogen-bond acceptors (Lipinski definition) is 11. The summed E-state index contributed by atoms with van der Waals surface area (Å²) in [6.45, 7) is 0.736. The molecular formula is C97H92O11. The Balaban J connectivity index is 0.858. The highest BCUT2D eigenvalue weighted by atomic mass is 16.6. The molecule has 0 unspecified atom stereocenters. The summed E-state index contributed by atoms with van der Waals surface area (Å²) in [4.78, 5) is 49.2. The van der Waals surface area contributed by atoms with E-state index in [1.165, 1.54) is 79.6 Å². The zero-order valence-electron chi connectivity index (χ0n) is 61.6. The van der Waals surface area contributed by atoms with E-state index < -0.39 is 71.3 Å². The van der Waals surface area contributed by atoms with E-state index >= 15 is 14.4 Å². The van der Waals surface area contributed by atoms with Gasteiger partial charge in [-0.3, -0.25) is 4.79 Å². The molecule has 23 bridgehead atoms. The number of hydrogen-bond donors (Lipinski definition) is 3. The zero-order valence-corrected chi connectivity index (χ0v) is 61.6. The third-order valence-electron chi connectivity index (χ3n) is 31.1. The average Bonchev–Trinajstić information content (AvgIpc) is 1.47. The van der Waals surface area contributed by atoms with Gasteiger partial charge in [0.2, 0.25) is 0 Å². The van der Waals surface area contributed by atoms with E-state index in [4.69, 9.17) is 23.4 Å². The highest BCUT2D eigenvalue weighted by Crippen LogP contribution is 2.74. The maximum Gasteiger partial charge on any atom is 0.340 e. The lowest BCUT2D eigenvalue weighted by Gasteiger charge is -2.57. The van der Waals surface area contributed by atoms with E-state index in [2.05, 4.69) is 164 Å². The lowest BCUT2D eigenvalue weighted by molar-refractivity contribution is -0.210. The summed E-state index contributed by atoms with van der Waals surface area (Å²) in [7, 11) is 1.54. The molecule has 1 saturated heterocycles. The molecule has 4 aliphatic heterocycles. The van der Waals surface area contributed by atoms with Gasteiger partial charge < -0.3 is 38.7 Å². The Bertz CT molecular complexity index is 5410. The van der Waals surface area contributed by atoms with Gasteiger partial charge in [-0.15, -0.1) is 0 Å². The molecule has 30 rings (SSSR count). The number of carbonyl (C=O) groups excluding carboxylic acids is 2. The van der Waals surface area contributed by atoms with Crippen LogP contribution in [0.3, 0.4) is 0 Å². The standard InChI is InChI=1S/C97H92O11/c1-52(49-99)74-46-76-71-29-21-58-43-75(71)63-44-82(76)96-66-23-18-59-39-53(15-32-79(59)96)38-54-14-16-55-17-22-64-9-5-10-65-27-30-72-69(12-6-13-80(72)97(64,65)81(55)40-54)57-20-28-68(58)62(42-57)45-85(101)105-90-87-83(33-31-73-78(50-100)86(93(103)106-89(73)87)61(34-37-98)51-104-2)108-95(91(90)107-92(74)102)36-7-35-94(48-63)84(95)47-77-70-11-4-3-8-56(70)41-60(88(77)94)19-24-67(96)26-25-66/h3-4,6-8,11-18,20-23,28-29,31-33,35,39-41,43,57,61-68,76-77,82,84,88,90-91,98-100H,5,9-10,25-27,30,34,36-38,42,44-51H2,1-2H3/b74-52-/t57-,61+,62+,63-,64+,65-,66+,67+,68+,76+,77+,82-,84-,88-,90+,91-,94+,95-,96-,97+/m0/s1. The van der Waals surface area contributed by atoms with Crippen LogP contribution < -0.4 is 10.4 Å². The van der Waals surface area contributed by atoms with Gasteiger partial charge in [0.1, 0.15) is 11.3 Å². The molecule has 4 spiro atoms. The van der Waals surface area contributed by atoms with Crippen LogP contribution in [0.1, 0.15) is 233 Å². The third kappa shape index (κ3) is 8.98. The molecule has 20 atom stereocenters. The molecule has 546 valence electrons. The van der Waals surface area contributed by atoms with Crippen LogP contribution in [0.2, 0.25) is 0 Å². The molecule has 108 heavy (non-hydrogen) atoms. The van der Waals surface area contributed by atoms with Crippen LogP contribution in [-0.4, -0.2) is 65.9 Å². The van der Waals surface area contributed by atoms with Gasteiger partial charge in [0.05, 0.1) is 25.4 Å². The molecule has 6 aromatic carbocycles. The molecule has 5 heterocycles. The SMILES string of the molecule is COC[C@@H](CCO)c1c(CO)c2ccc3c(c2oc1=O)[C@H]1OC(=O)C[C@H]2C[C@@H]4C=C[C@@H]2c2ccc5c(c2)[C@H]2C[C@H]6[C@@H]5C/C(=C(\C)CO)C(=O)O[C@@H]1[C@@]1(CC=C[C@]5(C2)[C@H]2C(=Cc7ccccc7[C@H]2C[C@@H]51)C#C[C@@H]1CC[C@H]2C=Cc5cc(ccc5[C@@]126)Cc1ccc2c(c1)[C@@]15c6cccc4c6CC[C@@H]1CCC[C@@H]5C=C2)O3. The maximum atomic E-state index is 17.2. The Labute approximate surface area is 630 Å². The summed E-state index contributed by atoms with van der Waals surface area (Å²) in [5.41, 5.74) is 17.5. The van der Waals surface area contributed by atoms with Crippen molar-refractivity contribution in [3.8, 4) is 17.6 Å². The predicted octanol–water partition coefficient (Wildman–Crippen LogP) is 17.2. The number of aliphatic hydroxyl groups excluding tert-OH is 3. The van der Waals surface area contributed by atoms with Crippen molar-refractivity contribution in [3.63, 3.8) is 0 Å². The Morgan fingerprint density at radius 3 is 2.51 bits per heavy atom. The molecule has 1 aromatic heterocycles. The quantitative estimate of drug-likeness (QED) is 0.0458. The number of benzene rings is 6. The smallest absolute Gasteiger partial charge is 0.340 e. The van der Waals surface area contributed by atoms with Crippen molar-refractivity contribution in [3.05, 3.63) is 267 Å². The van der Waals surface area contributed by atoms with Gasteiger partial charge in [0.25, 0.3) is 0 Å². The van der Waals surface area contributed by atoms with E-state index in [9.17, 15) is 15.3 Å². The second-order valence-electron chi connectivity index (χ2n) is 35.3. The van der Waals surface area contributed by atoms with E-state index in [1.807, 2.05) is 19.1 Å². The molecule has 0 amide bonds. The summed E-state index contributed by atoms with van der Waals surface area (Å²) in [5.74, 6) is 6.51. The number of carbonyl (C=O) groups is 2. The van der Waals surface area contributed by atoms with Crippen molar-refractivity contribution in [2.75, 3.05) is 26.9 Å². The predicted molar refractivity (Wildman–Crippen MR) is 414 cm³/mol. The molecule has 3 saturated carbocycles. The first-order valence-electron chi connectivity index (χ1n) is 40.7. The van der Waals surface area contributed by atoms with Crippen molar-refractivity contribution in [1.29, 1.82) is 0 Å². The van der Waals surface area contributed by atoms with Gasteiger partial charge in [-0.05, 0) is 245 Å². The lowest BCUT2D eigenvalue weighted by atomic mass is 9.48. The first-order chi connectivity index (χ1) is 52.9. The Morgan fingerprint density at radius 1 is 0.750 bits per heavy atom. The van der Waals surface area contributed by atoms with Gasteiger partial charge in [-0.25, -0.2) is 9.59 Å². The molecule has 0 radical (unpaired) electrons. The van der Waals surface area contributed by atoms with Crippen molar-refractivity contribution in [2.45, 2.75) is 180 Å². The van der Waals surface area contributed by atoms with Crippen LogP contribution in [0, 0.1) is 64.6 Å². The number of aliphatic hydroxyl groups is 3. The van der Waals surface area contributed by atoms with Crippen LogP contribution in [0.4, 0.5) is 0 Å². The van der Waals surface area contributed by atoms with Crippen LogP contribution in [0.15, 0.2) is 172 Å². The number of fused-ring (bicyclic) bond motifs is 9. The molecule has 23 aliphatic rings. The minimum absolute atomic E-state index is 0.0113. The fourth-order valence-electron chi connectivity index (χ4n) is 27.2. The summed E-state index contributed by atoms with van der Waals surface area (Å²) in [6, 6.07) is 42.2. The van der Waals surface area contributed by atoms with E-state index in [-0.39, 0.29) is 120 Å². The molecular weight excluding hydrogens is 1340 g/mol. The minimum atomic E-state index is -1.45. The van der Waals surface area contributed by atoms with E-state index in [0.717, 1.165) is 68.1 Å². The monoisotopic (exact) mass is 1430 g/mol. The van der Waals surface area contributed by atoms with Crippen molar-refractivity contribution in [1.82, 2.24) is 0 Å². The highest BCUT2D eigenvalue weighted by Gasteiger charge is 2.72. The summed E-state index contributed by atoms with van der Waals surface area (Å²) >= 11 is 0. The summed E-state index contributed by atoms with van der Waals surface area (Å²) in [5, 5.41) is 34.4. The topological polar surface area (TPSA) is 162 Å². The lowest BCUT2D eigenvalue weighted by Crippen LogP contribution is -2.64. The van der Waals surface area contributed by atoms with Gasteiger partial charge in [-0.1, -0.05) is 164 Å². The second kappa shape index (κ2) is 24.3. The highest BCUT2D eigenvalue weighted by molar-refractivity contribution is 5.91. The normalized spacial score (nSPS) is 35.6. The van der Waals surface area contributed by atoms with Crippen LogP contribution >= 0.6 is 0 Å². The molecule has 11 heteroatoms. The van der Waals surface area contributed by atoms with Crippen molar-refractivity contribution >= 4 is 41.1 Å². The number of rotatable bonds is 7. The Kier molecular flexibility index (Phi) is 14.9. The first-order valence-corrected chi connectivity index (χ1v) is 40.7. The number of allylic oxidation sites excluding steroid dienone is 6. The van der Waals surface area contributed by atoms with Crippen LogP contribution in [0.25, 0.3) is 29.2 Å². The van der Waals surface area contributed by atoms with Gasteiger partial charge >= 0.3 is 17.6 Å². The van der Waals surface area contributed by atoms with Crippen molar-refractivity contribution < 1.29 is 48.3 Å². The minimum Gasteiger partial charge on any atom is -0.482 e. The Hall–Kier alpha value is -8.89. The summed E-state index contributed by atoms with van der Waals surface area (Å²) < 4.78 is 35.9. The second-order valence-corrected chi connectivity index (χ2v) is 35.3. The molecule has 11 nitrogen and oxygen atoms in total. The Morgan fingerprint density at radius 2 is 1.62 bits per heavy atom. The largest absolute Gasteiger partial charge is 0.482 e. The fourth-order valence-corrected chi connectivity index (χ4v) is 27.2. The third-order valence-corrected chi connectivity index (χ3v) is 31.1. The molecule has 4 fully saturated rings. The van der Waals surface area contributed by atoms with E-state index in [1.54, 1.807) is 7.11 Å². The molecule has 19 aliphatic carbocycles. The average molecular weight is 1430 g/mol. The molecule has 7 aromatic rings. The van der Waals surface area contributed by atoms with Gasteiger partial charge in [0.15, 0.2) is 17.8 Å². The number of methoxy groups -OCH3 is 1. The maximum absolute atomic E-state index is 17.2.